The Morgan fingerprint density at radius 3 is 2.35 bits per heavy atom. The van der Waals surface area contributed by atoms with E-state index in [-0.39, 0.29) is 10.7 Å². The lowest BCUT2D eigenvalue weighted by molar-refractivity contribution is -0.274. The van der Waals surface area contributed by atoms with Gasteiger partial charge in [0.05, 0.1) is 5.02 Å². The van der Waals surface area contributed by atoms with E-state index in [0.717, 1.165) is 12.1 Å². The maximum Gasteiger partial charge on any atom is 0.573 e. The Bertz CT molecular complexity index is 634. The van der Waals surface area contributed by atoms with Gasteiger partial charge >= 0.3 is 12.3 Å². The highest BCUT2D eigenvalue weighted by molar-refractivity contribution is 6.31. The van der Waals surface area contributed by atoms with Gasteiger partial charge in [-0.15, -0.1) is 13.2 Å². The maximum atomic E-state index is 12.0. The quantitative estimate of drug-likeness (QED) is 0.940. The summed E-state index contributed by atoms with van der Waals surface area (Å²) in [5, 5.41) is 9.20. The van der Waals surface area contributed by atoms with Crippen molar-refractivity contribution in [2.45, 2.75) is 6.36 Å². The van der Waals surface area contributed by atoms with Crippen LogP contribution in [-0.2, 0) is 0 Å². The molecule has 0 spiro atoms. The molecule has 0 bridgehead atoms. The van der Waals surface area contributed by atoms with Crippen LogP contribution in [-0.4, -0.2) is 22.0 Å². The molecule has 0 saturated carbocycles. The van der Waals surface area contributed by atoms with Crippen molar-refractivity contribution in [1.82, 2.24) is 4.57 Å². The van der Waals surface area contributed by atoms with Crippen LogP contribution >= 0.6 is 11.6 Å². The van der Waals surface area contributed by atoms with Gasteiger partial charge in [0, 0.05) is 11.9 Å². The van der Waals surface area contributed by atoms with Crippen LogP contribution in [0.3, 0.4) is 0 Å². The van der Waals surface area contributed by atoms with Crippen molar-refractivity contribution in [3.05, 3.63) is 47.2 Å². The third-order valence-electron chi connectivity index (χ3n) is 2.35. The zero-order valence-corrected chi connectivity index (χ0v) is 10.4. The number of carbonyl (C=O) groups is 1. The molecule has 0 saturated heterocycles. The molecule has 1 heterocycles. The fourth-order valence-corrected chi connectivity index (χ4v) is 1.82. The molecule has 0 aliphatic rings. The summed E-state index contributed by atoms with van der Waals surface area (Å²) in [6, 6.07) is 6.00. The van der Waals surface area contributed by atoms with Crippen molar-refractivity contribution >= 4 is 17.6 Å². The molecule has 0 atom stereocenters. The number of hydrogen-bond donors (Lipinski definition) is 1. The average Bonchev–Trinajstić information content (AvgIpc) is 2.70. The fourth-order valence-electron chi connectivity index (χ4n) is 1.62. The van der Waals surface area contributed by atoms with Crippen LogP contribution < -0.4 is 4.74 Å². The van der Waals surface area contributed by atoms with Gasteiger partial charge in [0.2, 0.25) is 0 Å². The molecule has 0 amide bonds. The number of halogens is 4. The highest BCUT2D eigenvalue weighted by atomic mass is 35.5. The van der Waals surface area contributed by atoms with E-state index in [4.69, 9.17) is 16.7 Å². The molecule has 1 aromatic heterocycles. The molecule has 4 nitrogen and oxygen atoms in total. The number of rotatable bonds is 3. The molecule has 2 rings (SSSR count). The summed E-state index contributed by atoms with van der Waals surface area (Å²) in [6.45, 7) is 0. The second-order valence-electron chi connectivity index (χ2n) is 3.76. The predicted molar refractivity (Wildman–Crippen MR) is 64.4 cm³/mol. The number of hydrogen-bond acceptors (Lipinski definition) is 2. The molecular weight excluding hydrogens is 299 g/mol. The Labute approximate surface area is 116 Å². The molecule has 0 unspecified atom stereocenters. The number of benzene rings is 1. The van der Waals surface area contributed by atoms with E-state index in [1.807, 2.05) is 0 Å². The zero-order chi connectivity index (χ0) is 14.9. The Kier molecular flexibility index (Phi) is 3.63. The molecule has 1 aromatic carbocycles. The van der Waals surface area contributed by atoms with Crippen LogP contribution in [0.15, 0.2) is 36.5 Å². The normalized spacial score (nSPS) is 11.4. The van der Waals surface area contributed by atoms with Gasteiger partial charge in [0.25, 0.3) is 0 Å². The number of aromatic carboxylic acids is 1. The first kappa shape index (κ1) is 14.3. The third kappa shape index (κ3) is 3.24. The molecule has 20 heavy (non-hydrogen) atoms. The van der Waals surface area contributed by atoms with Crippen molar-refractivity contribution in [1.29, 1.82) is 0 Å². The predicted octanol–water partition coefficient (Wildman–Crippen LogP) is 3.73. The monoisotopic (exact) mass is 305 g/mol. The largest absolute Gasteiger partial charge is 0.573 e. The van der Waals surface area contributed by atoms with Crippen LogP contribution in [0.2, 0.25) is 5.02 Å². The van der Waals surface area contributed by atoms with Gasteiger partial charge in [-0.1, -0.05) is 11.6 Å². The Morgan fingerprint density at radius 2 is 1.85 bits per heavy atom. The van der Waals surface area contributed by atoms with E-state index in [1.165, 1.54) is 29.0 Å². The summed E-state index contributed by atoms with van der Waals surface area (Å²) >= 11 is 5.72. The number of ether oxygens (including phenoxy) is 1. The minimum atomic E-state index is -4.77. The van der Waals surface area contributed by atoms with Gasteiger partial charge in [-0.3, -0.25) is 0 Å². The van der Waals surface area contributed by atoms with Crippen LogP contribution in [0.4, 0.5) is 13.2 Å². The van der Waals surface area contributed by atoms with Crippen molar-refractivity contribution < 1.29 is 27.8 Å². The van der Waals surface area contributed by atoms with Gasteiger partial charge in [-0.05, 0) is 30.3 Å². The van der Waals surface area contributed by atoms with Crippen molar-refractivity contribution in [3.63, 3.8) is 0 Å². The lowest BCUT2D eigenvalue weighted by atomic mass is 10.3. The molecule has 106 valence electrons. The summed E-state index contributed by atoms with van der Waals surface area (Å²) in [7, 11) is 0. The minimum Gasteiger partial charge on any atom is -0.477 e. The fraction of sp³-hybridized carbons (Fsp3) is 0.0833. The molecule has 0 aliphatic heterocycles. The third-order valence-corrected chi connectivity index (χ3v) is 2.56. The first-order valence-electron chi connectivity index (χ1n) is 5.23. The van der Waals surface area contributed by atoms with E-state index in [0.29, 0.717) is 5.69 Å². The van der Waals surface area contributed by atoms with Crippen LogP contribution in [0.1, 0.15) is 10.5 Å². The summed E-state index contributed by atoms with van der Waals surface area (Å²) in [5.41, 5.74) is 0.253. The summed E-state index contributed by atoms with van der Waals surface area (Å²) in [4.78, 5) is 11.0. The second kappa shape index (κ2) is 5.09. The molecule has 0 aliphatic carbocycles. The maximum absolute atomic E-state index is 12.0. The molecule has 8 heteroatoms. The van der Waals surface area contributed by atoms with Gasteiger partial charge in [0.1, 0.15) is 11.4 Å². The molecule has 2 aromatic rings. The van der Waals surface area contributed by atoms with Crippen LogP contribution in [0.5, 0.6) is 5.75 Å². The smallest absolute Gasteiger partial charge is 0.477 e. The van der Waals surface area contributed by atoms with E-state index >= 15 is 0 Å². The highest BCUT2D eigenvalue weighted by Crippen LogP contribution is 2.25. The zero-order valence-electron chi connectivity index (χ0n) is 9.69. The summed E-state index contributed by atoms with van der Waals surface area (Å²) < 4.78 is 41.0. The Balaban J connectivity index is 2.33. The summed E-state index contributed by atoms with van der Waals surface area (Å²) in [6.07, 6.45) is -3.42. The summed E-state index contributed by atoms with van der Waals surface area (Å²) in [5.74, 6) is -1.59. The van der Waals surface area contributed by atoms with Gasteiger partial charge in [-0.25, -0.2) is 4.79 Å². The average molecular weight is 306 g/mol. The number of alkyl halides is 3. The van der Waals surface area contributed by atoms with E-state index < -0.39 is 18.1 Å². The van der Waals surface area contributed by atoms with E-state index in [1.54, 1.807) is 0 Å². The van der Waals surface area contributed by atoms with Crippen molar-refractivity contribution in [3.8, 4) is 11.4 Å². The van der Waals surface area contributed by atoms with Gasteiger partial charge in [0.15, 0.2) is 0 Å². The lowest BCUT2D eigenvalue weighted by Gasteiger charge is -2.10. The van der Waals surface area contributed by atoms with Crippen molar-refractivity contribution in [2.24, 2.45) is 0 Å². The molecule has 0 radical (unpaired) electrons. The highest BCUT2D eigenvalue weighted by Gasteiger charge is 2.31. The first-order chi connectivity index (χ1) is 9.26. The minimum absolute atomic E-state index is 0.0977. The Morgan fingerprint density at radius 1 is 1.25 bits per heavy atom. The van der Waals surface area contributed by atoms with E-state index in [2.05, 4.69) is 4.74 Å². The first-order valence-corrected chi connectivity index (χ1v) is 5.61. The SMILES string of the molecule is O=C(O)c1cc(Cl)cn1-c1ccc(OC(F)(F)F)cc1. The topological polar surface area (TPSA) is 51.5 Å². The number of aromatic nitrogens is 1. The number of carboxylic acids is 1. The molecule has 0 fully saturated rings. The van der Waals surface area contributed by atoms with Crippen molar-refractivity contribution in [2.75, 3.05) is 0 Å². The van der Waals surface area contributed by atoms with Crippen LogP contribution in [0.25, 0.3) is 5.69 Å². The second-order valence-corrected chi connectivity index (χ2v) is 4.20. The standard InChI is InChI=1S/C12H7ClF3NO3/c13-7-5-10(11(18)19)17(6-7)8-1-3-9(4-2-8)20-12(14,15)16/h1-6H,(H,18,19). The van der Waals surface area contributed by atoms with E-state index in [9.17, 15) is 18.0 Å². The van der Waals surface area contributed by atoms with Gasteiger partial charge in [-0.2, -0.15) is 0 Å². The van der Waals surface area contributed by atoms with Crippen LogP contribution in [0, 0.1) is 0 Å². The van der Waals surface area contributed by atoms with Gasteiger partial charge < -0.3 is 14.4 Å². The number of nitrogens with zero attached hydrogens (tertiary/aromatic N) is 1. The lowest BCUT2D eigenvalue weighted by Crippen LogP contribution is -2.17. The molecule has 1 N–H and O–H groups in total. The Hall–Kier alpha value is -2.15. The molecular formula is C12H7ClF3NO3. The number of carboxylic acid groups (broad SMARTS) is 1.